The fourth-order valence-electron chi connectivity index (χ4n) is 4.43. The van der Waals surface area contributed by atoms with Crippen molar-refractivity contribution in [1.82, 2.24) is 19.5 Å². The Kier molecular flexibility index (Phi) is 6.36. The molecule has 4 aromatic rings. The van der Waals surface area contributed by atoms with Gasteiger partial charge < -0.3 is 15.1 Å². The van der Waals surface area contributed by atoms with Crippen molar-refractivity contribution in [3.05, 3.63) is 66.9 Å². The summed E-state index contributed by atoms with van der Waals surface area (Å²) in [5.74, 6) is 0.461. The third-order valence-electron chi connectivity index (χ3n) is 6.58. The van der Waals surface area contributed by atoms with E-state index in [1.165, 1.54) is 6.26 Å². The normalized spacial score (nSPS) is 16.4. The van der Waals surface area contributed by atoms with Crippen LogP contribution in [0.3, 0.4) is 0 Å². The van der Waals surface area contributed by atoms with Gasteiger partial charge in [-0.15, -0.1) is 5.10 Å². The van der Waals surface area contributed by atoms with Crippen LogP contribution in [0.4, 0.5) is 11.6 Å². The van der Waals surface area contributed by atoms with Crippen LogP contribution in [0.25, 0.3) is 16.8 Å². The third kappa shape index (κ3) is 4.95. The van der Waals surface area contributed by atoms with Crippen LogP contribution < -0.4 is 10.6 Å². The van der Waals surface area contributed by atoms with E-state index < -0.39 is 17.3 Å². The van der Waals surface area contributed by atoms with Crippen molar-refractivity contribution in [1.29, 1.82) is 0 Å². The van der Waals surface area contributed by atoms with Gasteiger partial charge in [0, 0.05) is 56.6 Å². The summed E-state index contributed by atoms with van der Waals surface area (Å²) < 4.78 is 25.3. The maximum Gasteiger partial charge on any atom is 0.247 e. The van der Waals surface area contributed by atoms with Gasteiger partial charge in [-0.25, -0.2) is 12.9 Å². The van der Waals surface area contributed by atoms with Gasteiger partial charge in [0.1, 0.15) is 0 Å². The molecule has 1 radical (unpaired) electrons. The highest BCUT2D eigenvalue weighted by atomic mass is 32.2. The highest BCUT2D eigenvalue weighted by Gasteiger charge is 2.31. The largest absolute Gasteiger partial charge is 0.375 e. The van der Waals surface area contributed by atoms with Gasteiger partial charge in [-0.3, -0.25) is 0 Å². The first-order valence-corrected chi connectivity index (χ1v) is 15.6. The molecule has 0 bridgehead atoms. The second-order valence-corrected chi connectivity index (χ2v) is 14.2. The van der Waals surface area contributed by atoms with Crippen molar-refractivity contribution in [3.8, 4) is 11.1 Å². The lowest BCUT2D eigenvalue weighted by Crippen LogP contribution is -2.39. The van der Waals surface area contributed by atoms with Gasteiger partial charge in [0.2, 0.25) is 5.95 Å². The van der Waals surface area contributed by atoms with Crippen LogP contribution in [0.1, 0.15) is 6.92 Å². The van der Waals surface area contributed by atoms with Crippen molar-refractivity contribution < 1.29 is 13.3 Å². The van der Waals surface area contributed by atoms with Crippen molar-refractivity contribution >= 4 is 39.9 Å². The monoisotopic (exact) mass is 510 g/mol. The number of aromatic nitrogens is 3. The third-order valence-corrected chi connectivity index (χ3v) is 10.8. The molecule has 1 fully saturated rings. The van der Waals surface area contributed by atoms with Crippen LogP contribution in [0.2, 0.25) is 0 Å². The molecule has 1 aliphatic rings. The molecule has 0 unspecified atom stereocenters. The smallest absolute Gasteiger partial charge is 0.247 e. The molecule has 5 rings (SSSR count). The predicted octanol–water partition coefficient (Wildman–Crippen LogP) is 3.43. The minimum Gasteiger partial charge on any atom is -0.375 e. The highest BCUT2D eigenvalue weighted by molar-refractivity contribution is 7.90. The molecule has 3 heterocycles. The molecule has 0 atom stereocenters. The Bertz CT molecular complexity index is 1450. The fourth-order valence-corrected chi connectivity index (χ4v) is 7.73. The van der Waals surface area contributed by atoms with Gasteiger partial charge in [-0.2, -0.15) is 4.98 Å². The van der Waals surface area contributed by atoms with Gasteiger partial charge in [0.15, 0.2) is 15.5 Å². The number of sulfone groups is 1. The summed E-state index contributed by atoms with van der Waals surface area (Å²) in [6.07, 6.45) is 4.71. The van der Waals surface area contributed by atoms with Gasteiger partial charge >= 0.3 is 0 Å². The number of pyridine rings is 1. The van der Waals surface area contributed by atoms with Crippen LogP contribution in [0.15, 0.2) is 71.8 Å². The Balaban J connectivity index is 1.36. The predicted molar refractivity (Wildman–Crippen MR) is 142 cm³/mol. The van der Waals surface area contributed by atoms with Gasteiger partial charge in [-0.1, -0.05) is 31.2 Å². The van der Waals surface area contributed by atoms with Crippen LogP contribution in [-0.2, 0) is 9.84 Å². The van der Waals surface area contributed by atoms with Crippen molar-refractivity contribution in [2.24, 2.45) is 0 Å². The van der Waals surface area contributed by atoms with E-state index in [-0.39, 0.29) is 4.90 Å². The van der Waals surface area contributed by atoms with E-state index in [2.05, 4.69) is 27.2 Å². The lowest BCUT2D eigenvalue weighted by molar-refractivity contribution is 0.308. The molecule has 2 N–H and O–H groups in total. The zero-order chi connectivity index (χ0) is 24.6. The summed E-state index contributed by atoms with van der Waals surface area (Å²) >= 11 is 0. The first-order chi connectivity index (χ1) is 16.7. The van der Waals surface area contributed by atoms with E-state index in [9.17, 15) is 13.3 Å². The molecule has 8 nitrogen and oxygen atoms in total. The molecule has 1 saturated heterocycles. The minimum absolute atomic E-state index is 0.281. The topological polar surface area (TPSA) is 99.8 Å². The molecule has 0 amide bonds. The quantitative estimate of drug-likeness (QED) is 0.384. The van der Waals surface area contributed by atoms with Crippen molar-refractivity contribution in [3.63, 3.8) is 0 Å². The van der Waals surface area contributed by atoms with Crippen molar-refractivity contribution in [2.45, 2.75) is 11.8 Å². The Labute approximate surface area is 206 Å². The average molecular weight is 511 g/mol. The first-order valence-electron chi connectivity index (χ1n) is 11.6. The summed E-state index contributed by atoms with van der Waals surface area (Å²) in [4.78, 5) is 18.6. The molecule has 0 spiro atoms. The standard InChI is InChI=1S/C25H29N5O3PS/c1-3-29-15-17-34(31,18-16-29)21-10-8-20(9-11-21)26-25-27-24-23(5-4-14-30(24)28-25)19-6-12-22(13-7-19)35(2,32)33/h4-14,31H,3,15-18H2,1-2H3,(H,26,28). The molecule has 35 heavy (non-hydrogen) atoms. The molecule has 2 aromatic carbocycles. The number of fused-ring (bicyclic) bond motifs is 1. The number of nitrogens with zero attached hydrogens (tertiary/aromatic N) is 4. The van der Waals surface area contributed by atoms with E-state index in [1.807, 2.05) is 42.6 Å². The SMILES string of the molecule is CCN1CC[P](O)(c2ccc(Nc3nc4c(-c5ccc(S(C)(=O)=O)cc5)cccn4n3)cc2)CC1. The molecule has 183 valence electrons. The molecule has 10 heteroatoms. The fraction of sp³-hybridized carbons (Fsp3) is 0.280. The maximum atomic E-state index is 11.8. The highest BCUT2D eigenvalue weighted by Crippen LogP contribution is 2.54. The Morgan fingerprint density at radius 3 is 2.34 bits per heavy atom. The zero-order valence-electron chi connectivity index (χ0n) is 19.8. The molecule has 0 saturated carbocycles. The second kappa shape index (κ2) is 9.32. The van der Waals surface area contributed by atoms with E-state index >= 15 is 0 Å². The summed E-state index contributed by atoms with van der Waals surface area (Å²) in [5, 5.41) is 8.85. The van der Waals surface area contributed by atoms with E-state index in [4.69, 9.17) is 0 Å². The summed E-state index contributed by atoms with van der Waals surface area (Å²) in [5.41, 5.74) is 3.23. The van der Waals surface area contributed by atoms with Gasteiger partial charge in [0.25, 0.3) is 0 Å². The number of hydrogen-bond donors (Lipinski definition) is 2. The summed E-state index contributed by atoms with van der Waals surface area (Å²) in [6.45, 7) is 5.09. The van der Waals surface area contributed by atoms with E-state index in [0.717, 1.165) is 54.1 Å². The number of rotatable bonds is 6. The lowest BCUT2D eigenvalue weighted by Gasteiger charge is -2.39. The number of benzene rings is 2. The second-order valence-electron chi connectivity index (χ2n) is 8.90. The maximum absolute atomic E-state index is 11.8. The average Bonchev–Trinajstić information content (AvgIpc) is 3.27. The molecule has 1 aliphatic heterocycles. The van der Waals surface area contributed by atoms with Crippen LogP contribution in [-0.4, -0.2) is 71.0 Å². The molecular formula is C25H29N5O3PS. The Morgan fingerprint density at radius 1 is 1.03 bits per heavy atom. The van der Waals surface area contributed by atoms with Gasteiger partial charge in [-0.05, 0) is 53.8 Å². The lowest BCUT2D eigenvalue weighted by atomic mass is 10.1. The molecule has 2 aromatic heterocycles. The minimum atomic E-state index is -3.25. The van der Waals surface area contributed by atoms with Crippen LogP contribution in [0.5, 0.6) is 0 Å². The van der Waals surface area contributed by atoms with Crippen molar-refractivity contribution in [2.75, 3.05) is 43.5 Å². The van der Waals surface area contributed by atoms with E-state index in [0.29, 0.717) is 11.6 Å². The van der Waals surface area contributed by atoms with E-state index in [1.54, 1.807) is 28.8 Å². The van der Waals surface area contributed by atoms with Gasteiger partial charge in [0.05, 0.1) is 4.90 Å². The van der Waals surface area contributed by atoms with Crippen LogP contribution in [0, 0.1) is 0 Å². The summed E-state index contributed by atoms with van der Waals surface area (Å²) in [6, 6.07) is 18.6. The molecular weight excluding hydrogens is 481 g/mol. The number of nitrogens with one attached hydrogen (secondary N) is 1. The van der Waals surface area contributed by atoms with Crippen LogP contribution >= 0.6 is 7.49 Å². The number of hydrogen-bond acceptors (Lipinski definition) is 7. The summed E-state index contributed by atoms with van der Waals surface area (Å²) in [7, 11) is -5.34. The first kappa shape index (κ1) is 23.9. The number of anilines is 2. The molecule has 0 aliphatic carbocycles. The Hall–Kier alpha value is -2.84. The zero-order valence-corrected chi connectivity index (χ0v) is 21.5. The Morgan fingerprint density at radius 2 is 1.71 bits per heavy atom.